The zero-order valence-electron chi connectivity index (χ0n) is 14.1. The standard InChI is InChI=1S/C19H24N2O2/c1-4-5-16-10-17(21-13(2)20-16)9-14-8-15-6-7-18(22-3)11-19(15)23-12-14/h6-7,10-11,14H,4-5,8-9,12H2,1-3H3/t14-/m1/s1. The maximum atomic E-state index is 5.94. The molecule has 1 aliphatic heterocycles. The van der Waals surface area contributed by atoms with E-state index in [1.54, 1.807) is 7.11 Å². The van der Waals surface area contributed by atoms with Crippen LogP contribution in [0.5, 0.6) is 11.5 Å². The van der Waals surface area contributed by atoms with Crippen LogP contribution in [0.4, 0.5) is 0 Å². The van der Waals surface area contributed by atoms with Crippen LogP contribution in [0.15, 0.2) is 24.3 Å². The number of methoxy groups -OCH3 is 1. The first-order chi connectivity index (χ1) is 11.2. The molecule has 1 aliphatic rings. The third kappa shape index (κ3) is 3.81. The summed E-state index contributed by atoms with van der Waals surface area (Å²) < 4.78 is 11.2. The zero-order chi connectivity index (χ0) is 16.2. The van der Waals surface area contributed by atoms with E-state index in [4.69, 9.17) is 9.47 Å². The summed E-state index contributed by atoms with van der Waals surface area (Å²) in [7, 11) is 1.68. The monoisotopic (exact) mass is 312 g/mol. The molecule has 1 aromatic heterocycles. The summed E-state index contributed by atoms with van der Waals surface area (Å²) in [5.41, 5.74) is 3.53. The summed E-state index contributed by atoms with van der Waals surface area (Å²) in [6.07, 6.45) is 4.08. The van der Waals surface area contributed by atoms with E-state index in [1.165, 1.54) is 5.56 Å². The van der Waals surface area contributed by atoms with E-state index in [0.717, 1.165) is 61.0 Å². The minimum absolute atomic E-state index is 0.458. The third-order valence-electron chi connectivity index (χ3n) is 4.21. The predicted octanol–water partition coefficient (Wildman–Crippen LogP) is 3.54. The van der Waals surface area contributed by atoms with Gasteiger partial charge in [0.1, 0.15) is 17.3 Å². The molecule has 0 fully saturated rings. The van der Waals surface area contributed by atoms with E-state index < -0.39 is 0 Å². The van der Waals surface area contributed by atoms with Crippen molar-refractivity contribution in [1.29, 1.82) is 0 Å². The summed E-state index contributed by atoms with van der Waals surface area (Å²) in [5, 5.41) is 0. The van der Waals surface area contributed by atoms with Gasteiger partial charge < -0.3 is 9.47 Å². The van der Waals surface area contributed by atoms with Gasteiger partial charge >= 0.3 is 0 Å². The maximum absolute atomic E-state index is 5.94. The molecule has 122 valence electrons. The largest absolute Gasteiger partial charge is 0.497 e. The first-order valence-corrected chi connectivity index (χ1v) is 8.31. The Morgan fingerprint density at radius 3 is 2.83 bits per heavy atom. The van der Waals surface area contributed by atoms with Crippen LogP contribution in [0, 0.1) is 12.8 Å². The molecule has 4 heteroatoms. The van der Waals surface area contributed by atoms with Crippen LogP contribution in [0.1, 0.15) is 36.1 Å². The molecule has 0 bridgehead atoms. The Hall–Kier alpha value is -2.10. The highest BCUT2D eigenvalue weighted by atomic mass is 16.5. The number of aromatic nitrogens is 2. The zero-order valence-corrected chi connectivity index (χ0v) is 14.1. The first-order valence-electron chi connectivity index (χ1n) is 8.31. The molecule has 1 atom stereocenters. The fourth-order valence-corrected chi connectivity index (χ4v) is 3.16. The van der Waals surface area contributed by atoms with Crippen LogP contribution < -0.4 is 9.47 Å². The Kier molecular flexibility index (Phi) is 4.79. The van der Waals surface area contributed by atoms with Gasteiger partial charge in [-0.05, 0) is 43.9 Å². The van der Waals surface area contributed by atoms with E-state index in [9.17, 15) is 0 Å². The van der Waals surface area contributed by atoms with Crippen molar-refractivity contribution in [1.82, 2.24) is 9.97 Å². The van der Waals surface area contributed by atoms with Gasteiger partial charge in [0.05, 0.1) is 13.7 Å². The number of benzene rings is 1. The molecule has 0 amide bonds. The van der Waals surface area contributed by atoms with Gasteiger partial charge in [-0.3, -0.25) is 0 Å². The average Bonchev–Trinajstić information content (AvgIpc) is 2.54. The minimum Gasteiger partial charge on any atom is -0.497 e. The third-order valence-corrected chi connectivity index (χ3v) is 4.21. The molecule has 0 N–H and O–H groups in total. The van der Waals surface area contributed by atoms with Crippen molar-refractivity contribution >= 4 is 0 Å². The predicted molar refractivity (Wildman–Crippen MR) is 90.2 cm³/mol. The van der Waals surface area contributed by atoms with Gasteiger partial charge in [-0.2, -0.15) is 0 Å². The SMILES string of the molecule is CCCc1cc(C[C@@H]2COc3cc(OC)ccc3C2)nc(C)n1. The maximum Gasteiger partial charge on any atom is 0.126 e. The van der Waals surface area contributed by atoms with E-state index in [2.05, 4.69) is 29.0 Å². The number of ether oxygens (including phenoxy) is 2. The number of rotatable bonds is 5. The van der Waals surface area contributed by atoms with Crippen LogP contribution >= 0.6 is 0 Å². The van der Waals surface area contributed by atoms with Gasteiger partial charge in [-0.15, -0.1) is 0 Å². The van der Waals surface area contributed by atoms with Crippen molar-refractivity contribution in [3.8, 4) is 11.5 Å². The van der Waals surface area contributed by atoms with Gasteiger partial charge in [0.2, 0.25) is 0 Å². The minimum atomic E-state index is 0.458. The van der Waals surface area contributed by atoms with Crippen molar-refractivity contribution in [2.24, 2.45) is 5.92 Å². The lowest BCUT2D eigenvalue weighted by Crippen LogP contribution is -2.23. The van der Waals surface area contributed by atoms with Gasteiger partial charge in [-0.1, -0.05) is 19.4 Å². The Morgan fingerprint density at radius 1 is 1.22 bits per heavy atom. The lowest BCUT2D eigenvalue weighted by atomic mass is 9.92. The second-order valence-electron chi connectivity index (χ2n) is 6.21. The van der Waals surface area contributed by atoms with E-state index in [-0.39, 0.29) is 0 Å². The molecule has 0 radical (unpaired) electrons. The van der Waals surface area contributed by atoms with Crippen molar-refractivity contribution in [3.05, 3.63) is 47.0 Å². The summed E-state index contributed by atoms with van der Waals surface area (Å²) in [6.45, 7) is 4.88. The van der Waals surface area contributed by atoms with Crippen molar-refractivity contribution in [2.75, 3.05) is 13.7 Å². The van der Waals surface area contributed by atoms with Gasteiger partial charge in [-0.25, -0.2) is 9.97 Å². The molecule has 0 spiro atoms. The number of fused-ring (bicyclic) bond motifs is 1. The van der Waals surface area contributed by atoms with Crippen molar-refractivity contribution in [2.45, 2.75) is 39.5 Å². The molecule has 0 unspecified atom stereocenters. The quantitative estimate of drug-likeness (QED) is 0.847. The Morgan fingerprint density at radius 2 is 2.04 bits per heavy atom. The highest BCUT2D eigenvalue weighted by Gasteiger charge is 2.21. The van der Waals surface area contributed by atoms with Gasteiger partial charge in [0.15, 0.2) is 0 Å². The van der Waals surface area contributed by atoms with Crippen molar-refractivity contribution in [3.63, 3.8) is 0 Å². The van der Waals surface area contributed by atoms with Crippen LogP contribution in [-0.4, -0.2) is 23.7 Å². The molecule has 4 nitrogen and oxygen atoms in total. The fraction of sp³-hybridized carbons (Fsp3) is 0.474. The van der Waals surface area contributed by atoms with E-state index in [0.29, 0.717) is 5.92 Å². The summed E-state index contributed by atoms with van der Waals surface area (Å²) in [6, 6.07) is 8.23. The van der Waals surface area contributed by atoms with Crippen LogP contribution in [-0.2, 0) is 19.3 Å². The highest BCUT2D eigenvalue weighted by Crippen LogP contribution is 2.32. The number of aryl methyl sites for hydroxylation is 2. The molecule has 0 saturated heterocycles. The summed E-state index contributed by atoms with van der Waals surface area (Å²) >= 11 is 0. The second kappa shape index (κ2) is 6.99. The molecular weight excluding hydrogens is 288 g/mol. The molecule has 23 heavy (non-hydrogen) atoms. The summed E-state index contributed by atoms with van der Waals surface area (Å²) in [5.74, 6) is 3.12. The lowest BCUT2D eigenvalue weighted by molar-refractivity contribution is 0.219. The lowest BCUT2D eigenvalue weighted by Gasteiger charge is -2.25. The molecule has 0 aliphatic carbocycles. The second-order valence-corrected chi connectivity index (χ2v) is 6.21. The number of hydrogen-bond donors (Lipinski definition) is 0. The molecule has 1 aromatic carbocycles. The summed E-state index contributed by atoms with van der Waals surface area (Å²) in [4.78, 5) is 9.12. The molecule has 2 heterocycles. The van der Waals surface area contributed by atoms with Gasteiger partial charge in [0, 0.05) is 23.4 Å². The Bertz CT molecular complexity index is 685. The van der Waals surface area contributed by atoms with Gasteiger partial charge in [0.25, 0.3) is 0 Å². The van der Waals surface area contributed by atoms with E-state index >= 15 is 0 Å². The topological polar surface area (TPSA) is 44.2 Å². The highest BCUT2D eigenvalue weighted by molar-refractivity contribution is 5.42. The molecular formula is C19H24N2O2. The van der Waals surface area contributed by atoms with Crippen LogP contribution in [0.3, 0.4) is 0 Å². The van der Waals surface area contributed by atoms with Crippen LogP contribution in [0.25, 0.3) is 0 Å². The van der Waals surface area contributed by atoms with Crippen molar-refractivity contribution < 1.29 is 9.47 Å². The average molecular weight is 312 g/mol. The number of hydrogen-bond acceptors (Lipinski definition) is 4. The van der Waals surface area contributed by atoms with Crippen LogP contribution in [0.2, 0.25) is 0 Å². The number of nitrogens with zero attached hydrogens (tertiary/aromatic N) is 2. The fourth-order valence-electron chi connectivity index (χ4n) is 3.16. The van der Waals surface area contributed by atoms with E-state index in [1.807, 2.05) is 19.1 Å². The Balaban J connectivity index is 1.72. The Labute approximate surface area is 137 Å². The molecule has 3 rings (SSSR count). The smallest absolute Gasteiger partial charge is 0.126 e. The molecule has 2 aromatic rings. The normalized spacial score (nSPS) is 16.6. The molecule has 0 saturated carbocycles. The first kappa shape index (κ1) is 15.8.